The van der Waals surface area contributed by atoms with Crippen molar-refractivity contribution in [1.29, 1.82) is 0 Å². The quantitative estimate of drug-likeness (QED) is 0.447. The van der Waals surface area contributed by atoms with Gasteiger partial charge in [0.25, 0.3) is 0 Å². The van der Waals surface area contributed by atoms with Crippen LogP contribution >= 0.6 is 0 Å². The Morgan fingerprint density at radius 2 is 1.00 bits per heavy atom. The molecule has 0 unspecified atom stereocenters. The van der Waals surface area contributed by atoms with E-state index < -0.39 is 0 Å². The van der Waals surface area contributed by atoms with E-state index in [-0.39, 0.29) is 95.4 Å². The van der Waals surface area contributed by atoms with Crippen LogP contribution in [0.25, 0.3) is 0 Å². The van der Waals surface area contributed by atoms with Crippen molar-refractivity contribution in [3.63, 3.8) is 0 Å². The molecule has 0 saturated heterocycles. The van der Waals surface area contributed by atoms with Crippen LogP contribution in [0.1, 0.15) is 0 Å². The van der Waals surface area contributed by atoms with Gasteiger partial charge in [-0.25, -0.2) is 0 Å². The summed E-state index contributed by atoms with van der Waals surface area (Å²) in [5.74, 6) is 0. The molecule has 0 fully saturated rings. The van der Waals surface area contributed by atoms with Crippen LogP contribution < -0.4 is 0 Å². The summed E-state index contributed by atoms with van der Waals surface area (Å²) in [6, 6.07) is 0. The fourth-order valence-electron chi connectivity index (χ4n) is 0. The van der Waals surface area contributed by atoms with E-state index in [1.54, 1.807) is 0 Å². The first-order valence-corrected chi connectivity index (χ1v) is 0. The van der Waals surface area contributed by atoms with Crippen molar-refractivity contribution in [2.75, 3.05) is 0 Å². The van der Waals surface area contributed by atoms with Gasteiger partial charge in [0.05, 0.1) is 0 Å². The zero-order valence-electron chi connectivity index (χ0n) is 2.31. The summed E-state index contributed by atoms with van der Waals surface area (Å²) in [6.07, 6.45) is 0. The summed E-state index contributed by atoms with van der Waals surface area (Å²) in [7, 11) is 0. The molecule has 0 atom stereocenters. The van der Waals surface area contributed by atoms with Gasteiger partial charge in [-0.2, -0.15) is 0 Å². The number of rotatable bonds is 0. The summed E-state index contributed by atoms with van der Waals surface area (Å²) >= 11 is 0. The Kier molecular flexibility index (Phi) is 119. The molecule has 0 aliphatic carbocycles. The standard InChI is InChI=1S/B.Bi.Pr.Zn. The van der Waals surface area contributed by atoms with E-state index in [1.807, 2.05) is 0 Å². The van der Waals surface area contributed by atoms with E-state index >= 15 is 0 Å². The average molecular weight is 426 g/mol. The average Bonchev–Trinajstić information content (AvgIpc) is 0. The van der Waals surface area contributed by atoms with Gasteiger partial charge in [-0.1, -0.05) is 0 Å². The van der Waals surface area contributed by atoms with E-state index in [1.165, 1.54) is 0 Å². The molecule has 0 amide bonds. The van der Waals surface area contributed by atoms with Gasteiger partial charge in [-0.3, -0.25) is 0 Å². The van der Waals surface area contributed by atoms with Crippen LogP contribution in [0.15, 0.2) is 0 Å². The third-order valence-corrected chi connectivity index (χ3v) is 0. The molecule has 0 rings (SSSR count). The van der Waals surface area contributed by atoms with Crippen LogP contribution in [0.5, 0.6) is 0 Å². The van der Waals surface area contributed by atoms with Gasteiger partial charge in [-0.15, -0.1) is 0 Å². The molecule has 13 valence electrons. The van der Waals surface area contributed by atoms with Crippen molar-refractivity contribution in [3.8, 4) is 0 Å². The predicted molar refractivity (Wildman–Crippen MR) is 11.5 cm³/mol. The predicted octanol–water partition coefficient (Wildman–Crippen LogP) is -0.764. The minimum absolute atomic E-state index is 0. The Bertz CT molecular complexity index is 8.00. The molecule has 0 bridgehead atoms. The zero-order chi connectivity index (χ0) is 0. The molecular formula is BBiPrZn. The summed E-state index contributed by atoms with van der Waals surface area (Å²) in [6.45, 7) is 0. The van der Waals surface area contributed by atoms with Crippen molar-refractivity contribution in [1.82, 2.24) is 0 Å². The van der Waals surface area contributed by atoms with Crippen LogP contribution in [-0.4, -0.2) is 34.6 Å². The van der Waals surface area contributed by atoms with Crippen molar-refractivity contribution in [3.05, 3.63) is 0 Å². The van der Waals surface area contributed by atoms with E-state index in [4.69, 9.17) is 0 Å². The monoisotopic (exact) mass is 425 g/mol. The third-order valence-electron chi connectivity index (χ3n) is 0. The Hall–Kier alpha value is 2.94. The van der Waals surface area contributed by atoms with Gasteiger partial charge in [0.2, 0.25) is 0 Å². The Labute approximate surface area is 93.3 Å². The SMILES string of the molecule is [B].[Bi].[Pr].[Zn]. The van der Waals surface area contributed by atoms with Crippen molar-refractivity contribution < 1.29 is 60.8 Å². The fraction of sp³-hybridized carbons (Fsp3) is 0. The van der Waals surface area contributed by atoms with Gasteiger partial charge < -0.3 is 0 Å². The molecule has 0 aromatic rings. The van der Waals surface area contributed by atoms with E-state index in [9.17, 15) is 0 Å². The second-order valence-electron chi connectivity index (χ2n) is 0. The minimum Gasteiger partial charge on any atom is 0 e. The van der Waals surface area contributed by atoms with Gasteiger partial charge in [-0.05, 0) is 0 Å². The topological polar surface area (TPSA) is 0 Å². The maximum absolute atomic E-state index is 0. The maximum atomic E-state index is 0. The molecule has 7 radical (unpaired) electrons. The zero-order valence-corrected chi connectivity index (χ0v) is 12.5. The summed E-state index contributed by atoms with van der Waals surface area (Å²) in [5, 5.41) is 0. The fourth-order valence-corrected chi connectivity index (χ4v) is 0. The molecule has 4 heavy (non-hydrogen) atoms. The largest absolute Gasteiger partial charge is 0 e. The van der Waals surface area contributed by atoms with Crippen LogP contribution in [-0.2, 0) is 19.5 Å². The van der Waals surface area contributed by atoms with Crippen LogP contribution in [0.4, 0.5) is 0 Å². The maximum Gasteiger partial charge on any atom is 0 e. The number of hydrogen-bond acceptors (Lipinski definition) is 0. The third kappa shape index (κ3) is 8.87. The number of hydrogen-bond donors (Lipinski definition) is 0. The van der Waals surface area contributed by atoms with Crippen LogP contribution in [0.2, 0.25) is 0 Å². The van der Waals surface area contributed by atoms with Gasteiger partial charge in [0, 0.05) is 95.4 Å². The van der Waals surface area contributed by atoms with E-state index in [0.717, 1.165) is 0 Å². The molecular weight excluding hydrogens is 426 g/mol. The first kappa shape index (κ1) is 28.4. The first-order valence-electron chi connectivity index (χ1n) is 0. The summed E-state index contributed by atoms with van der Waals surface area (Å²) in [5.41, 5.74) is 0. The molecule has 0 heterocycles. The van der Waals surface area contributed by atoms with E-state index in [0.29, 0.717) is 0 Å². The molecule has 0 aromatic carbocycles. The van der Waals surface area contributed by atoms with Crippen LogP contribution in [0.3, 0.4) is 0 Å². The minimum atomic E-state index is 0. The van der Waals surface area contributed by atoms with Crippen LogP contribution in [0, 0.1) is 41.3 Å². The second kappa shape index (κ2) is 16.8. The van der Waals surface area contributed by atoms with Crippen molar-refractivity contribution in [2.45, 2.75) is 0 Å². The molecule has 0 aromatic heterocycles. The molecule has 0 nitrogen and oxygen atoms in total. The molecule has 0 aliphatic heterocycles. The molecule has 0 aliphatic rings. The second-order valence-corrected chi connectivity index (χ2v) is 0. The molecule has 0 N–H and O–H groups in total. The first-order chi connectivity index (χ1) is 0. The van der Waals surface area contributed by atoms with Crippen molar-refractivity contribution in [2.24, 2.45) is 0 Å². The molecule has 0 spiro atoms. The Morgan fingerprint density at radius 1 is 1.00 bits per heavy atom. The van der Waals surface area contributed by atoms with Gasteiger partial charge in [0.15, 0.2) is 0 Å². The van der Waals surface area contributed by atoms with Gasteiger partial charge >= 0.3 is 0 Å². The summed E-state index contributed by atoms with van der Waals surface area (Å²) < 4.78 is 0. The van der Waals surface area contributed by atoms with E-state index in [2.05, 4.69) is 0 Å². The van der Waals surface area contributed by atoms with Crippen molar-refractivity contribution >= 4 is 34.6 Å². The summed E-state index contributed by atoms with van der Waals surface area (Å²) in [4.78, 5) is 0. The normalized spacial score (nSPS) is 0. The Balaban J connectivity index is 0. The Morgan fingerprint density at radius 3 is 1.00 bits per heavy atom. The van der Waals surface area contributed by atoms with Gasteiger partial charge in [0.1, 0.15) is 0 Å². The smallest absolute Gasteiger partial charge is 0 e. The molecule has 0 saturated carbocycles. The molecule has 4 heteroatoms.